The first-order valence-electron chi connectivity index (χ1n) is 8.54. The first-order valence-corrected chi connectivity index (χ1v) is 10.5. The Morgan fingerprint density at radius 2 is 1.74 bits per heavy atom. The average molecular weight is 407 g/mol. The van der Waals surface area contributed by atoms with Crippen molar-refractivity contribution in [1.29, 1.82) is 0 Å². The van der Waals surface area contributed by atoms with Crippen LogP contribution in [0.5, 0.6) is 0 Å². The molecule has 0 saturated heterocycles. The van der Waals surface area contributed by atoms with Crippen LogP contribution in [0.1, 0.15) is 36.1 Å². The Kier molecular flexibility index (Phi) is 7.59. The van der Waals surface area contributed by atoms with Gasteiger partial charge in [0.05, 0.1) is 6.04 Å². The van der Waals surface area contributed by atoms with Crippen LogP contribution < -0.4 is 10.0 Å². The van der Waals surface area contributed by atoms with Gasteiger partial charge in [0.1, 0.15) is 0 Å². The monoisotopic (exact) mass is 406 g/mol. The van der Waals surface area contributed by atoms with Crippen molar-refractivity contribution in [2.24, 2.45) is 0 Å². The number of hydrogen-bond acceptors (Lipinski definition) is 3. The lowest BCUT2D eigenvalue weighted by Gasteiger charge is -2.14. The highest BCUT2D eigenvalue weighted by Crippen LogP contribution is 2.16. The number of hydrogen-bond donors (Lipinski definition) is 2. The van der Waals surface area contributed by atoms with Gasteiger partial charge in [0.15, 0.2) is 0 Å². The summed E-state index contributed by atoms with van der Waals surface area (Å²) < 4.78 is 26.4. The van der Waals surface area contributed by atoms with Crippen molar-refractivity contribution in [2.75, 3.05) is 6.54 Å². The van der Waals surface area contributed by atoms with E-state index in [0.29, 0.717) is 5.02 Å². The molecule has 0 aliphatic carbocycles. The number of carbonyl (C=O) groups excluding carboxylic acids is 1. The zero-order valence-electron chi connectivity index (χ0n) is 15.3. The highest BCUT2D eigenvalue weighted by Gasteiger charge is 2.11. The molecular weight excluding hydrogens is 384 g/mol. The van der Waals surface area contributed by atoms with Crippen LogP contribution >= 0.6 is 11.6 Å². The van der Waals surface area contributed by atoms with Gasteiger partial charge in [-0.25, -0.2) is 13.1 Å². The zero-order chi connectivity index (χ0) is 19.9. The predicted molar refractivity (Wildman–Crippen MR) is 110 cm³/mol. The van der Waals surface area contributed by atoms with E-state index in [9.17, 15) is 13.2 Å². The van der Waals surface area contributed by atoms with Crippen molar-refractivity contribution in [2.45, 2.75) is 26.3 Å². The van der Waals surface area contributed by atoms with E-state index < -0.39 is 10.0 Å². The molecule has 2 aromatic rings. The Labute approximate surface area is 165 Å². The number of sulfonamides is 1. The fourth-order valence-corrected chi connectivity index (χ4v) is 3.29. The highest BCUT2D eigenvalue weighted by molar-refractivity contribution is 7.92. The van der Waals surface area contributed by atoms with Crippen LogP contribution in [0.25, 0.3) is 6.08 Å². The SMILES string of the molecule is Cc1ccc(/C=C/S(=O)(=O)NCCC(=O)N[C@H](C)c2ccc(Cl)cc2)cc1. The van der Waals surface area contributed by atoms with E-state index in [4.69, 9.17) is 11.6 Å². The lowest BCUT2D eigenvalue weighted by molar-refractivity contribution is -0.121. The first-order chi connectivity index (χ1) is 12.7. The van der Waals surface area contributed by atoms with Crippen molar-refractivity contribution in [3.05, 3.63) is 75.7 Å². The summed E-state index contributed by atoms with van der Waals surface area (Å²) in [6.45, 7) is 3.85. The molecule has 144 valence electrons. The molecule has 7 heteroatoms. The zero-order valence-corrected chi connectivity index (χ0v) is 16.8. The van der Waals surface area contributed by atoms with Gasteiger partial charge in [-0.3, -0.25) is 4.79 Å². The van der Waals surface area contributed by atoms with Gasteiger partial charge < -0.3 is 5.32 Å². The van der Waals surface area contributed by atoms with Gasteiger partial charge in [-0.15, -0.1) is 0 Å². The van der Waals surface area contributed by atoms with Gasteiger partial charge in [0.2, 0.25) is 15.9 Å². The smallest absolute Gasteiger partial charge is 0.233 e. The van der Waals surface area contributed by atoms with Crippen LogP contribution in [0.3, 0.4) is 0 Å². The Morgan fingerprint density at radius 3 is 2.37 bits per heavy atom. The summed E-state index contributed by atoms with van der Waals surface area (Å²) in [5.41, 5.74) is 2.82. The molecule has 0 heterocycles. The van der Waals surface area contributed by atoms with E-state index in [0.717, 1.165) is 22.1 Å². The maximum absolute atomic E-state index is 12.0. The highest BCUT2D eigenvalue weighted by atomic mass is 35.5. The van der Waals surface area contributed by atoms with Crippen LogP contribution in [-0.4, -0.2) is 20.9 Å². The van der Waals surface area contributed by atoms with Gasteiger partial charge in [-0.1, -0.05) is 53.6 Å². The average Bonchev–Trinajstić information content (AvgIpc) is 2.61. The summed E-state index contributed by atoms with van der Waals surface area (Å²) in [6, 6.07) is 14.5. The van der Waals surface area contributed by atoms with E-state index in [1.807, 2.05) is 50.2 Å². The van der Waals surface area contributed by atoms with E-state index in [1.165, 1.54) is 6.08 Å². The molecule has 0 aliphatic heterocycles. The van der Waals surface area contributed by atoms with Gasteiger partial charge in [0, 0.05) is 23.4 Å². The molecular formula is C20H23ClN2O3S. The molecule has 0 aromatic heterocycles. The summed E-state index contributed by atoms with van der Waals surface area (Å²) in [7, 11) is -3.60. The van der Waals surface area contributed by atoms with Crippen LogP contribution in [0.2, 0.25) is 5.02 Å². The van der Waals surface area contributed by atoms with Gasteiger partial charge in [-0.2, -0.15) is 0 Å². The van der Waals surface area contributed by atoms with Crippen molar-refractivity contribution < 1.29 is 13.2 Å². The lowest BCUT2D eigenvalue weighted by Crippen LogP contribution is -2.31. The van der Waals surface area contributed by atoms with Gasteiger partial charge >= 0.3 is 0 Å². The summed E-state index contributed by atoms with van der Waals surface area (Å²) in [5.74, 6) is -0.234. The predicted octanol–water partition coefficient (Wildman–Crippen LogP) is 3.81. The summed E-state index contributed by atoms with van der Waals surface area (Å²) >= 11 is 5.85. The Bertz CT molecular complexity index is 892. The maximum Gasteiger partial charge on any atom is 0.233 e. The topological polar surface area (TPSA) is 75.3 Å². The minimum absolute atomic E-state index is 0.0275. The fraction of sp³-hybridized carbons (Fsp3) is 0.250. The number of rotatable bonds is 8. The van der Waals surface area contributed by atoms with Crippen LogP contribution in [0, 0.1) is 6.92 Å². The van der Waals surface area contributed by atoms with E-state index in [1.54, 1.807) is 12.1 Å². The minimum Gasteiger partial charge on any atom is -0.350 e. The lowest BCUT2D eigenvalue weighted by atomic mass is 10.1. The first kappa shape index (κ1) is 21.2. The summed E-state index contributed by atoms with van der Waals surface area (Å²) in [4.78, 5) is 12.0. The molecule has 5 nitrogen and oxygen atoms in total. The van der Waals surface area contributed by atoms with E-state index >= 15 is 0 Å². The molecule has 2 N–H and O–H groups in total. The number of amides is 1. The van der Waals surface area contributed by atoms with Gasteiger partial charge in [0.25, 0.3) is 0 Å². The van der Waals surface area contributed by atoms with Crippen molar-refractivity contribution >= 4 is 33.6 Å². The van der Waals surface area contributed by atoms with E-state index in [2.05, 4.69) is 10.0 Å². The van der Waals surface area contributed by atoms with Crippen LogP contribution in [-0.2, 0) is 14.8 Å². The standard InChI is InChI=1S/C20H23ClN2O3S/c1-15-3-5-17(6-4-15)12-14-27(25,26)22-13-11-20(24)23-16(2)18-7-9-19(21)10-8-18/h3-10,12,14,16,22H,11,13H2,1-2H3,(H,23,24)/b14-12+/t16-/m1/s1. The number of aryl methyl sites for hydroxylation is 1. The van der Waals surface area contributed by atoms with Crippen molar-refractivity contribution in [1.82, 2.24) is 10.0 Å². The molecule has 0 bridgehead atoms. The van der Waals surface area contributed by atoms with Crippen molar-refractivity contribution in [3.8, 4) is 0 Å². The number of carbonyl (C=O) groups is 1. The quantitative estimate of drug-likeness (QED) is 0.700. The van der Waals surface area contributed by atoms with Gasteiger partial charge in [-0.05, 0) is 43.2 Å². The Balaban J connectivity index is 1.79. The number of halogens is 1. The molecule has 2 rings (SSSR count). The third kappa shape index (κ3) is 7.54. The largest absolute Gasteiger partial charge is 0.350 e. The molecule has 1 amide bonds. The second-order valence-corrected chi connectivity index (χ2v) is 8.33. The van der Waals surface area contributed by atoms with E-state index in [-0.39, 0.29) is 24.9 Å². The molecule has 0 aliphatic rings. The fourth-order valence-electron chi connectivity index (χ4n) is 2.35. The molecule has 2 aromatic carbocycles. The number of nitrogens with one attached hydrogen (secondary N) is 2. The van der Waals surface area contributed by atoms with Crippen LogP contribution in [0.15, 0.2) is 53.9 Å². The molecule has 0 spiro atoms. The Hall–Kier alpha value is -2.15. The van der Waals surface area contributed by atoms with Crippen LogP contribution in [0.4, 0.5) is 0 Å². The summed E-state index contributed by atoms with van der Waals surface area (Å²) in [6.07, 6.45) is 1.57. The molecule has 1 atom stereocenters. The third-order valence-corrected chi connectivity index (χ3v) is 5.27. The second kappa shape index (κ2) is 9.69. The molecule has 0 unspecified atom stereocenters. The summed E-state index contributed by atoms with van der Waals surface area (Å²) in [5, 5.41) is 4.56. The maximum atomic E-state index is 12.0. The van der Waals surface area contributed by atoms with Crippen molar-refractivity contribution in [3.63, 3.8) is 0 Å². The third-order valence-electron chi connectivity index (χ3n) is 3.92. The molecule has 0 saturated carbocycles. The molecule has 0 fully saturated rings. The molecule has 0 radical (unpaired) electrons. The number of benzene rings is 2. The second-order valence-electron chi connectivity index (χ2n) is 6.24. The minimum atomic E-state index is -3.60. The molecule has 27 heavy (non-hydrogen) atoms. The Morgan fingerprint density at radius 1 is 1.11 bits per heavy atom. The normalized spacial score (nSPS) is 12.9.